The van der Waals surface area contributed by atoms with Crippen LogP contribution in [0.2, 0.25) is 0 Å². The molecule has 9 heteroatoms. The zero-order valence-corrected chi connectivity index (χ0v) is 15.8. The number of hydrogen-bond acceptors (Lipinski definition) is 6. The summed E-state index contributed by atoms with van der Waals surface area (Å²) >= 11 is 0. The van der Waals surface area contributed by atoms with Gasteiger partial charge in [-0.25, -0.2) is 13.6 Å². The van der Waals surface area contributed by atoms with Gasteiger partial charge in [-0.1, -0.05) is 6.07 Å². The molecule has 1 aliphatic carbocycles. The molecule has 7 nitrogen and oxygen atoms in total. The van der Waals surface area contributed by atoms with Gasteiger partial charge in [0.2, 0.25) is 10.0 Å². The van der Waals surface area contributed by atoms with Crippen LogP contribution in [0.15, 0.2) is 56.7 Å². The monoisotopic (exact) mass is 407 g/mol. The fourth-order valence-corrected chi connectivity index (χ4v) is 4.88. The quantitative estimate of drug-likeness (QED) is 0.665. The molecule has 0 unspecified atom stereocenters. The van der Waals surface area contributed by atoms with E-state index in [-0.39, 0.29) is 15.5 Å². The first-order valence-electron chi connectivity index (χ1n) is 8.36. The molecule has 2 aromatic carbocycles. The van der Waals surface area contributed by atoms with Crippen molar-refractivity contribution in [2.24, 2.45) is 5.14 Å². The van der Waals surface area contributed by atoms with Crippen LogP contribution in [-0.2, 0) is 33.0 Å². The number of primary sulfonamides is 1. The Balaban J connectivity index is 1.71. The smallest absolute Gasteiger partial charge is 0.339 e. The first kappa shape index (κ1) is 18.0. The lowest BCUT2D eigenvalue weighted by Crippen LogP contribution is -2.14. The maximum absolute atomic E-state index is 12.6. The fraction of sp³-hybridized carbons (Fsp3) is 0.222. The third-order valence-electron chi connectivity index (χ3n) is 4.56. The van der Waals surface area contributed by atoms with Crippen LogP contribution in [0.3, 0.4) is 0 Å². The van der Waals surface area contributed by atoms with Crippen LogP contribution in [0.5, 0.6) is 5.75 Å². The fourth-order valence-electron chi connectivity index (χ4n) is 3.28. The van der Waals surface area contributed by atoms with Crippen molar-refractivity contribution in [3.8, 4) is 5.75 Å². The van der Waals surface area contributed by atoms with Gasteiger partial charge in [-0.3, -0.25) is 0 Å². The number of sulfonamides is 1. The minimum absolute atomic E-state index is 0.137. The van der Waals surface area contributed by atoms with Gasteiger partial charge in [0.1, 0.15) is 22.0 Å². The zero-order valence-electron chi connectivity index (χ0n) is 14.2. The molecule has 1 heterocycles. The molecule has 0 saturated carbocycles. The molecule has 0 atom stereocenters. The van der Waals surface area contributed by atoms with E-state index < -0.39 is 20.1 Å². The molecule has 0 spiro atoms. The molecule has 4 rings (SSSR count). The van der Waals surface area contributed by atoms with E-state index in [9.17, 15) is 16.8 Å². The Hall–Kier alpha value is -2.36. The number of aryl methyl sites for hydroxylation is 2. The van der Waals surface area contributed by atoms with Crippen LogP contribution < -0.4 is 9.32 Å². The van der Waals surface area contributed by atoms with Crippen molar-refractivity contribution in [2.45, 2.75) is 35.5 Å². The van der Waals surface area contributed by atoms with Gasteiger partial charge < -0.3 is 8.60 Å². The molecule has 0 aliphatic heterocycles. The summed E-state index contributed by atoms with van der Waals surface area (Å²) in [5.41, 5.74) is 1.79. The maximum Gasteiger partial charge on any atom is 0.339 e. The van der Waals surface area contributed by atoms with Crippen molar-refractivity contribution in [3.63, 3.8) is 0 Å². The van der Waals surface area contributed by atoms with Gasteiger partial charge in [0.15, 0.2) is 0 Å². The van der Waals surface area contributed by atoms with Crippen LogP contribution in [0.25, 0.3) is 11.0 Å². The van der Waals surface area contributed by atoms with E-state index in [1.165, 1.54) is 24.3 Å². The summed E-state index contributed by atoms with van der Waals surface area (Å²) in [6.45, 7) is 0. The summed E-state index contributed by atoms with van der Waals surface area (Å²) in [4.78, 5) is -0.588. The predicted octanol–water partition coefficient (Wildman–Crippen LogP) is 2.73. The molecule has 0 bridgehead atoms. The van der Waals surface area contributed by atoms with Crippen LogP contribution in [0.4, 0.5) is 0 Å². The van der Waals surface area contributed by atoms with Crippen LogP contribution in [-0.4, -0.2) is 16.8 Å². The van der Waals surface area contributed by atoms with E-state index in [2.05, 4.69) is 0 Å². The second kappa shape index (κ2) is 6.36. The van der Waals surface area contributed by atoms with E-state index in [0.29, 0.717) is 5.58 Å². The third kappa shape index (κ3) is 3.45. The summed E-state index contributed by atoms with van der Waals surface area (Å²) in [5, 5.41) is 5.91. The standard InChI is InChI=1S/C18H17NO6S2/c19-26(20,21)13-4-3-5-14(11-13)27(22,23)25-12-8-9-18-16(10-12)15-6-1-2-7-17(15)24-18/h3-5,8-11H,1-2,6-7H2,(H2,19,20,21). The average Bonchev–Trinajstić information content (AvgIpc) is 2.99. The normalized spacial score (nSPS) is 14.9. The maximum atomic E-state index is 12.6. The van der Waals surface area contributed by atoms with E-state index in [1.807, 2.05) is 0 Å². The van der Waals surface area contributed by atoms with Gasteiger partial charge >= 0.3 is 10.1 Å². The number of fused-ring (bicyclic) bond motifs is 3. The number of benzene rings is 2. The van der Waals surface area contributed by atoms with Gasteiger partial charge in [0.05, 0.1) is 4.90 Å². The number of rotatable bonds is 4. The highest BCUT2D eigenvalue weighted by Crippen LogP contribution is 2.34. The Bertz CT molecular complexity index is 1240. The molecular formula is C18H17NO6S2. The van der Waals surface area contributed by atoms with Gasteiger partial charge in [0, 0.05) is 17.4 Å². The lowest BCUT2D eigenvalue weighted by Gasteiger charge is -2.10. The van der Waals surface area contributed by atoms with E-state index >= 15 is 0 Å². The lowest BCUT2D eigenvalue weighted by atomic mass is 9.96. The highest BCUT2D eigenvalue weighted by molar-refractivity contribution is 7.89. The molecule has 3 aromatic rings. The van der Waals surface area contributed by atoms with Gasteiger partial charge in [-0.05, 0) is 55.7 Å². The predicted molar refractivity (Wildman–Crippen MR) is 98.5 cm³/mol. The Kier molecular flexibility index (Phi) is 4.25. The molecule has 27 heavy (non-hydrogen) atoms. The van der Waals surface area contributed by atoms with E-state index in [4.69, 9.17) is 13.7 Å². The Morgan fingerprint density at radius 1 is 0.926 bits per heavy atom. The van der Waals surface area contributed by atoms with E-state index in [1.54, 1.807) is 12.1 Å². The number of furan rings is 1. The molecule has 0 radical (unpaired) electrons. The van der Waals surface area contributed by atoms with Crippen LogP contribution >= 0.6 is 0 Å². The minimum atomic E-state index is -4.22. The molecule has 142 valence electrons. The first-order chi connectivity index (χ1) is 12.7. The molecule has 0 fully saturated rings. The van der Waals surface area contributed by atoms with Crippen LogP contribution in [0.1, 0.15) is 24.2 Å². The lowest BCUT2D eigenvalue weighted by molar-refractivity contribution is 0.485. The van der Waals surface area contributed by atoms with Crippen molar-refractivity contribution in [1.29, 1.82) is 0 Å². The summed E-state index contributed by atoms with van der Waals surface area (Å²) < 4.78 is 59.1. The molecule has 1 aliphatic rings. The van der Waals surface area contributed by atoms with Gasteiger partial charge in [-0.2, -0.15) is 8.42 Å². The van der Waals surface area contributed by atoms with Gasteiger partial charge in [-0.15, -0.1) is 0 Å². The second-order valence-corrected chi connectivity index (χ2v) is 9.53. The number of hydrogen-bond donors (Lipinski definition) is 1. The molecule has 0 saturated heterocycles. The number of nitrogens with two attached hydrogens (primary N) is 1. The SMILES string of the molecule is NS(=O)(=O)c1cccc(S(=O)(=O)Oc2ccc3oc4c(c3c2)CCCC4)c1. The van der Waals surface area contributed by atoms with Crippen molar-refractivity contribution in [1.82, 2.24) is 0 Å². The minimum Gasteiger partial charge on any atom is -0.461 e. The second-order valence-electron chi connectivity index (χ2n) is 6.43. The molecule has 2 N–H and O–H groups in total. The Labute approximate surface area is 156 Å². The zero-order chi connectivity index (χ0) is 19.2. The van der Waals surface area contributed by atoms with Crippen molar-refractivity contribution in [3.05, 3.63) is 53.8 Å². The Morgan fingerprint density at radius 3 is 2.44 bits per heavy atom. The topological polar surface area (TPSA) is 117 Å². The summed E-state index contributed by atoms with van der Waals surface area (Å²) in [6.07, 6.45) is 3.89. The van der Waals surface area contributed by atoms with Crippen molar-refractivity contribution in [2.75, 3.05) is 0 Å². The molecular weight excluding hydrogens is 390 g/mol. The van der Waals surface area contributed by atoms with Gasteiger partial charge in [0.25, 0.3) is 0 Å². The molecule has 1 aromatic heterocycles. The van der Waals surface area contributed by atoms with E-state index in [0.717, 1.165) is 48.5 Å². The van der Waals surface area contributed by atoms with Crippen molar-refractivity contribution >= 4 is 31.1 Å². The third-order valence-corrected chi connectivity index (χ3v) is 6.71. The van der Waals surface area contributed by atoms with Crippen molar-refractivity contribution < 1.29 is 25.4 Å². The largest absolute Gasteiger partial charge is 0.461 e. The summed E-state index contributed by atoms with van der Waals surface area (Å²) in [7, 11) is -8.24. The average molecular weight is 407 g/mol. The summed E-state index contributed by atoms with van der Waals surface area (Å²) in [5.74, 6) is 1.08. The highest BCUT2D eigenvalue weighted by atomic mass is 32.2. The molecule has 0 amide bonds. The summed E-state index contributed by atoms with van der Waals surface area (Å²) in [6, 6.07) is 9.58. The Morgan fingerprint density at radius 2 is 1.67 bits per heavy atom. The van der Waals surface area contributed by atoms with Crippen LogP contribution in [0, 0.1) is 0 Å². The highest BCUT2D eigenvalue weighted by Gasteiger charge is 2.22. The first-order valence-corrected chi connectivity index (χ1v) is 11.3.